The lowest BCUT2D eigenvalue weighted by molar-refractivity contribution is 0.407. The van der Waals surface area contributed by atoms with Crippen LogP contribution in [0.15, 0.2) is 18.2 Å². The summed E-state index contributed by atoms with van der Waals surface area (Å²) in [5.41, 5.74) is 8.21. The largest absolute Gasteiger partial charge is 0.399 e. The molecule has 1 heterocycles. The standard InChI is InChI=1S/C13H21N3O2S/c1-10(2)15(3)19(17,18)16-8-4-5-11-9-12(14)6-7-13(11)16/h6-7,9-10H,4-5,8,14H2,1-3H3. The fourth-order valence-electron chi connectivity index (χ4n) is 2.24. The summed E-state index contributed by atoms with van der Waals surface area (Å²) in [5.74, 6) is 0. The second-order valence-corrected chi connectivity index (χ2v) is 7.09. The Balaban J connectivity index is 2.44. The van der Waals surface area contributed by atoms with Crippen LogP contribution < -0.4 is 10.0 Å². The van der Waals surface area contributed by atoms with E-state index in [1.54, 1.807) is 19.2 Å². The fourth-order valence-corrected chi connectivity index (χ4v) is 3.87. The number of hydrogen-bond donors (Lipinski definition) is 1. The molecule has 0 aliphatic carbocycles. The van der Waals surface area contributed by atoms with Crippen molar-refractivity contribution in [2.24, 2.45) is 0 Å². The van der Waals surface area contributed by atoms with E-state index in [0.717, 1.165) is 24.1 Å². The minimum atomic E-state index is -3.46. The zero-order chi connectivity index (χ0) is 14.2. The van der Waals surface area contributed by atoms with Gasteiger partial charge in [-0.2, -0.15) is 12.7 Å². The quantitative estimate of drug-likeness (QED) is 0.857. The first-order valence-corrected chi connectivity index (χ1v) is 7.88. The SMILES string of the molecule is CC(C)N(C)S(=O)(=O)N1CCCc2cc(N)ccc21. The molecule has 106 valence electrons. The number of nitrogens with zero attached hydrogens (tertiary/aromatic N) is 2. The zero-order valence-corrected chi connectivity index (χ0v) is 12.4. The Hall–Kier alpha value is -1.27. The van der Waals surface area contributed by atoms with Crippen LogP contribution in [0, 0.1) is 0 Å². The Morgan fingerprint density at radius 1 is 1.37 bits per heavy atom. The van der Waals surface area contributed by atoms with Gasteiger partial charge in [0.1, 0.15) is 0 Å². The monoisotopic (exact) mass is 283 g/mol. The molecule has 1 aliphatic heterocycles. The highest BCUT2D eigenvalue weighted by atomic mass is 32.2. The average Bonchev–Trinajstić information content (AvgIpc) is 2.36. The molecule has 0 amide bonds. The van der Waals surface area contributed by atoms with E-state index < -0.39 is 10.2 Å². The third-order valence-electron chi connectivity index (χ3n) is 3.55. The van der Waals surface area contributed by atoms with Crippen molar-refractivity contribution in [3.63, 3.8) is 0 Å². The molecule has 1 aliphatic rings. The van der Waals surface area contributed by atoms with E-state index in [1.165, 1.54) is 8.61 Å². The van der Waals surface area contributed by atoms with Crippen LogP contribution in [0.3, 0.4) is 0 Å². The average molecular weight is 283 g/mol. The highest BCUT2D eigenvalue weighted by Gasteiger charge is 2.31. The molecule has 0 unspecified atom stereocenters. The van der Waals surface area contributed by atoms with Gasteiger partial charge in [0.05, 0.1) is 5.69 Å². The van der Waals surface area contributed by atoms with Gasteiger partial charge in [0, 0.05) is 25.3 Å². The van der Waals surface area contributed by atoms with E-state index in [-0.39, 0.29) is 6.04 Å². The maximum atomic E-state index is 12.6. The second-order valence-electron chi connectivity index (χ2n) is 5.18. The third-order valence-corrected chi connectivity index (χ3v) is 5.63. The molecule has 0 radical (unpaired) electrons. The van der Waals surface area contributed by atoms with Crippen LogP contribution in [0.5, 0.6) is 0 Å². The van der Waals surface area contributed by atoms with Gasteiger partial charge in [0.15, 0.2) is 0 Å². The first-order chi connectivity index (χ1) is 8.84. The number of benzene rings is 1. The molecule has 5 nitrogen and oxygen atoms in total. The third kappa shape index (κ3) is 2.55. The van der Waals surface area contributed by atoms with Gasteiger partial charge >= 0.3 is 10.2 Å². The van der Waals surface area contributed by atoms with Gasteiger partial charge in [-0.25, -0.2) is 0 Å². The highest BCUT2D eigenvalue weighted by molar-refractivity contribution is 7.90. The molecule has 2 rings (SSSR count). The molecule has 0 saturated heterocycles. The van der Waals surface area contributed by atoms with E-state index in [9.17, 15) is 8.42 Å². The number of nitrogen functional groups attached to an aromatic ring is 1. The van der Waals surface area contributed by atoms with Gasteiger partial charge in [-0.1, -0.05) is 0 Å². The summed E-state index contributed by atoms with van der Waals surface area (Å²) in [6.07, 6.45) is 1.69. The molecular formula is C13H21N3O2S. The van der Waals surface area contributed by atoms with E-state index in [2.05, 4.69) is 0 Å². The summed E-state index contributed by atoms with van der Waals surface area (Å²) in [5, 5.41) is 0. The molecule has 0 fully saturated rings. The molecule has 19 heavy (non-hydrogen) atoms. The minimum Gasteiger partial charge on any atom is -0.399 e. The molecule has 2 N–H and O–H groups in total. The molecule has 6 heteroatoms. The Kier molecular flexibility index (Phi) is 3.73. The lowest BCUT2D eigenvalue weighted by Crippen LogP contribution is -2.46. The van der Waals surface area contributed by atoms with Gasteiger partial charge in [0.25, 0.3) is 0 Å². The second kappa shape index (κ2) is 5.02. The van der Waals surface area contributed by atoms with Crippen molar-refractivity contribution < 1.29 is 8.42 Å². The van der Waals surface area contributed by atoms with E-state index in [1.807, 2.05) is 19.9 Å². The molecule has 0 spiro atoms. The van der Waals surface area contributed by atoms with Crippen molar-refractivity contribution in [2.75, 3.05) is 23.6 Å². The Bertz CT molecular complexity index is 569. The van der Waals surface area contributed by atoms with Crippen LogP contribution in [-0.4, -0.2) is 32.4 Å². The van der Waals surface area contributed by atoms with Crippen molar-refractivity contribution in [3.8, 4) is 0 Å². The number of aryl methyl sites for hydroxylation is 1. The smallest absolute Gasteiger partial charge is 0.304 e. The van der Waals surface area contributed by atoms with Crippen molar-refractivity contribution in [2.45, 2.75) is 32.7 Å². The summed E-state index contributed by atoms with van der Waals surface area (Å²) in [4.78, 5) is 0. The molecule has 1 aromatic rings. The van der Waals surface area contributed by atoms with Gasteiger partial charge in [-0.3, -0.25) is 4.31 Å². The lowest BCUT2D eigenvalue weighted by Gasteiger charge is -2.35. The summed E-state index contributed by atoms with van der Waals surface area (Å²) in [6.45, 7) is 4.26. The van der Waals surface area contributed by atoms with Crippen LogP contribution in [0.1, 0.15) is 25.8 Å². The minimum absolute atomic E-state index is 0.0656. The summed E-state index contributed by atoms with van der Waals surface area (Å²) < 4.78 is 28.1. The fraction of sp³-hybridized carbons (Fsp3) is 0.538. The number of nitrogens with two attached hydrogens (primary N) is 1. The molecule has 0 atom stereocenters. The van der Waals surface area contributed by atoms with Crippen molar-refractivity contribution in [1.82, 2.24) is 4.31 Å². The van der Waals surface area contributed by atoms with Crippen LogP contribution in [0.25, 0.3) is 0 Å². The Morgan fingerprint density at radius 2 is 2.05 bits per heavy atom. The molecular weight excluding hydrogens is 262 g/mol. The topological polar surface area (TPSA) is 66.6 Å². The molecule has 0 aromatic heterocycles. The Morgan fingerprint density at radius 3 is 2.68 bits per heavy atom. The lowest BCUT2D eigenvalue weighted by atomic mass is 10.0. The molecule has 0 bridgehead atoms. The molecule has 1 aromatic carbocycles. The first-order valence-electron chi connectivity index (χ1n) is 6.48. The highest BCUT2D eigenvalue weighted by Crippen LogP contribution is 2.31. The zero-order valence-electron chi connectivity index (χ0n) is 11.6. The predicted molar refractivity (Wildman–Crippen MR) is 78.3 cm³/mol. The normalized spacial score (nSPS) is 15.9. The Labute approximate surface area is 115 Å². The van der Waals surface area contributed by atoms with E-state index in [4.69, 9.17) is 5.73 Å². The van der Waals surface area contributed by atoms with Crippen LogP contribution >= 0.6 is 0 Å². The number of fused-ring (bicyclic) bond motifs is 1. The number of hydrogen-bond acceptors (Lipinski definition) is 3. The van der Waals surface area contributed by atoms with E-state index >= 15 is 0 Å². The van der Waals surface area contributed by atoms with Crippen molar-refractivity contribution >= 4 is 21.6 Å². The molecule has 0 saturated carbocycles. The van der Waals surface area contributed by atoms with Crippen LogP contribution in [0.2, 0.25) is 0 Å². The van der Waals surface area contributed by atoms with Gasteiger partial charge in [-0.05, 0) is 50.5 Å². The first kappa shape index (κ1) is 14.1. The number of rotatable bonds is 3. The maximum Gasteiger partial charge on any atom is 0.304 e. The maximum absolute atomic E-state index is 12.6. The van der Waals surface area contributed by atoms with Crippen molar-refractivity contribution in [3.05, 3.63) is 23.8 Å². The van der Waals surface area contributed by atoms with Crippen molar-refractivity contribution in [1.29, 1.82) is 0 Å². The van der Waals surface area contributed by atoms with Gasteiger partial charge in [0.2, 0.25) is 0 Å². The van der Waals surface area contributed by atoms with Gasteiger partial charge in [-0.15, -0.1) is 0 Å². The van der Waals surface area contributed by atoms with E-state index in [0.29, 0.717) is 12.2 Å². The summed E-state index contributed by atoms with van der Waals surface area (Å²) >= 11 is 0. The number of anilines is 2. The van der Waals surface area contributed by atoms with Crippen LogP contribution in [0.4, 0.5) is 11.4 Å². The van der Waals surface area contributed by atoms with Gasteiger partial charge < -0.3 is 5.73 Å². The summed E-state index contributed by atoms with van der Waals surface area (Å²) in [6, 6.07) is 5.36. The predicted octanol–water partition coefficient (Wildman–Crippen LogP) is 1.61. The van der Waals surface area contributed by atoms with Crippen LogP contribution in [-0.2, 0) is 16.6 Å². The summed E-state index contributed by atoms with van der Waals surface area (Å²) in [7, 11) is -1.85.